The second-order valence-electron chi connectivity index (χ2n) is 7.78. The number of halogens is 1. The van der Waals surface area contributed by atoms with Crippen molar-refractivity contribution in [1.29, 1.82) is 0 Å². The first-order chi connectivity index (χ1) is 13.3. The molecule has 148 valence electrons. The molecule has 0 saturated heterocycles. The first-order valence-electron chi connectivity index (χ1n) is 9.53. The van der Waals surface area contributed by atoms with Crippen LogP contribution in [0.2, 0.25) is 0 Å². The Morgan fingerprint density at radius 3 is 2.43 bits per heavy atom. The molecule has 0 bridgehead atoms. The van der Waals surface area contributed by atoms with Crippen LogP contribution in [-0.2, 0) is 10.0 Å². The quantitative estimate of drug-likeness (QED) is 0.745. The molecule has 2 N–H and O–H groups in total. The zero-order valence-electron chi connectivity index (χ0n) is 15.6. The van der Waals surface area contributed by atoms with Gasteiger partial charge in [0.25, 0.3) is 5.91 Å². The van der Waals surface area contributed by atoms with Crippen LogP contribution in [-0.4, -0.2) is 20.4 Å². The van der Waals surface area contributed by atoms with Crippen LogP contribution < -0.4 is 10.0 Å². The number of carbonyl (C=O) groups is 1. The molecule has 3 atom stereocenters. The fourth-order valence-electron chi connectivity index (χ4n) is 3.47. The van der Waals surface area contributed by atoms with E-state index in [-0.39, 0.29) is 17.6 Å². The fraction of sp³-hybridized carbons (Fsp3) is 0.381. The van der Waals surface area contributed by atoms with Gasteiger partial charge in [-0.2, -0.15) is 0 Å². The van der Waals surface area contributed by atoms with Gasteiger partial charge in [0.05, 0.1) is 6.04 Å². The van der Waals surface area contributed by atoms with Crippen LogP contribution in [0.5, 0.6) is 0 Å². The highest BCUT2D eigenvalue weighted by molar-refractivity contribution is 7.89. The number of rotatable bonds is 7. The normalized spacial score (nSPS) is 22.5. The lowest BCUT2D eigenvalue weighted by Crippen LogP contribution is -2.31. The fourth-order valence-corrected chi connectivity index (χ4v) is 4.88. The van der Waals surface area contributed by atoms with Gasteiger partial charge in [0.15, 0.2) is 0 Å². The van der Waals surface area contributed by atoms with Gasteiger partial charge in [0, 0.05) is 11.6 Å². The first kappa shape index (κ1) is 19.1. The number of nitrogens with one attached hydrogen (secondary N) is 2. The lowest BCUT2D eigenvalue weighted by atomic mass is 10.0. The Bertz CT molecular complexity index is 990. The predicted octanol–water partition coefficient (Wildman–Crippen LogP) is 3.39. The molecule has 1 amide bonds. The van der Waals surface area contributed by atoms with Gasteiger partial charge in [-0.15, -0.1) is 0 Å². The number of benzene rings is 2. The summed E-state index contributed by atoms with van der Waals surface area (Å²) >= 11 is 0. The number of carbonyl (C=O) groups excluding carboxylic acids is 1. The lowest BCUT2D eigenvalue weighted by molar-refractivity contribution is 0.0930. The van der Waals surface area contributed by atoms with Gasteiger partial charge in [-0.3, -0.25) is 4.79 Å². The Kier molecular flexibility index (Phi) is 4.97. The molecule has 0 aliphatic heterocycles. The van der Waals surface area contributed by atoms with Crippen LogP contribution in [0.4, 0.5) is 4.39 Å². The van der Waals surface area contributed by atoms with E-state index in [0.29, 0.717) is 11.8 Å². The summed E-state index contributed by atoms with van der Waals surface area (Å²) in [5.41, 5.74) is 1.14. The van der Waals surface area contributed by atoms with E-state index in [1.54, 1.807) is 0 Å². The van der Waals surface area contributed by atoms with E-state index in [1.165, 1.54) is 6.07 Å². The first-order valence-corrected chi connectivity index (χ1v) is 11.0. The molecule has 2 aromatic carbocycles. The molecule has 2 aliphatic rings. The van der Waals surface area contributed by atoms with Crippen LogP contribution in [0.25, 0.3) is 0 Å². The summed E-state index contributed by atoms with van der Waals surface area (Å²) in [7, 11) is -3.98. The summed E-state index contributed by atoms with van der Waals surface area (Å²) in [5, 5.41) is 3.02. The topological polar surface area (TPSA) is 75.3 Å². The molecule has 5 nitrogen and oxygen atoms in total. The highest BCUT2D eigenvalue weighted by Crippen LogP contribution is 2.47. The van der Waals surface area contributed by atoms with E-state index in [9.17, 15) is 17.6 Å². The summed E-state index contributed by atoms with van der Waals surface area (Å²) < 4.78 is 41.4. The van der Waals surface area contributed by atoms with Gasteiger partial charge < -0.3 is 5.32 Å². The van der Waals surface area contributed by atoms with Crippen molar-refractivity contribution in [3.8, 4) is 0 Å². The monoisotopic (exact) mass is 402 g/mol. The zero-order chi connectivity index (χ0) is 19.9. The summed E-state index contributed by atoms with van der Waals surface area (Å²) in [6.07, 6.45) is 2.52. The van der Waals surface area contributed by atoms with Crippen molar-refractivity contribution in [2.45, 2.75) is 43.2 Å². The lowest BCUT2D eigenvalue weighted by Gasteiger charge is -2.20. The minimum Gasteiger partial charge on any atom is -0.345 e. The van der Waals surface area contributed by atoms with Gasteiger partial charge >= 0.3 is 0 Å². The molecule has 0 aromatic heterocycles. The number of hydrogen-bond donors (Lipinski definition) is 2. The highest BCUT2D eigenvalue weighted by Gasteiger charge is 2.41. The molecular weight excluding hydrogens is 379 g/mol. The maximum atomic E-state index is 14.2. The van der Waals surface area contributed by atoms with Crippen LogP contribution in [0.1, 0.15) is 48.1 Å². The van der Waals surface area contributed by atoms with Crippen LogP contribution in [0, 0.1) is 17.7 Å². The Morgan fingerprint density at radius 1 is 1.14 bits per heavy atom. The van der Waals surface area contributed by atoms with Crippen molar-refractivity contribution in [2.24, 2.45) is 11.8 Å². The van der Waals surface area contributed by atoms with E-state index in [0.717, 1.165) is 37.0 Å². The van der Waals surface area contributed by atoms with Crippen molar-refractivity contribution in [1.82, 2.24) is 10.0 Å². The Labute approximate surface area is 164 Å². The molecule has 0 radical (unpaired) electrons. The second kappa shape index (κ2) is 7.29. The number of sulfonamides is 1. The third-order valence-electron chi connectivity index (χ3n) is 5.43. The van der Waals surface area contributed by atoms with E-state index in [4.69, 9.17) is 0 Å². The largest absolute Gasteiger partial charge is 0.345 e. The van der Waals surface area contributed by atoms with E-state index < -0.39 is 26.6 Å². The van der Waals surface area contributed by atoms with Crippen molar-refractivity contribution >= 4 is 15.9 Å². The Morgan fingerprint density at radius 2 is 1.82 bits per heavy atom. The van der Waals surface area contributed by atoms with Crippen LogP contribution in [0.3, 0.4) is 0 Å². The minimum absolute atomic E-state index is 0.131. The van der Waals surface area contributed by atoms with Gasteiger partial charge in [-0.1, -0.05) is 37.3 Å². The van der Waals surface area contributed by atoms with E-state index >= 15 is 0 Å². The summed E-state index contributed by atoms with van der Waals surface area (Å²) in [5.74, 6) is -0.417. The van der Waals surface area contributed by atoms with E-state index in [2.05, 4.69) is 17.0 Å². The molecule has 3 unspecified atom stereocenters. The molecule has 4 rings (SSSR count). The summed E-state index contributed by atoms with van der Waals surface area (Å²) in [4.78, 5) is 12.4. The van der Waals surface area contributed by atoms with Gasteiger partial charge in [0.1, 0.15) is 10.7 Å². The van der Waals surface area contributed by atoms with Crippen LogP contribution in [0.15, 0.2) is 53.4 Å². The average Bonchev–Trinajstić information content (AvgIpc) is 3.59. The molecule has 2 fully saturated rings. The standard InChI is InChI=1S/C21H23FN2O3S/c1-13-11-17(13)20(14-5-3-2-4-6-14)23-21(25)15-7-10-18(22)19(12-15)28(26,27)24-16-8-9-16/h2-7,10,12-13,16-17,20,24H,8-9,11H2,1H3,(H,23,25). The van der Waals surface area contributed by atoms with Crippen LogP contribution >= 0.6 is 0 Å². The molecule has 7 heteroatoms. The molecular formula is C21H23FN2O3S. The van der Waals surface area contributed by atoms with Gasteiger partial charge in [-0.05, 0) is 54.9 Å². The van der Waals surface area contributed by atoms with Crippen molar-refractivity contribution < 1.29 is 17.6 Å². The van der Waals surface area contributed by atoms with Crippen molar-refractivity contribution in [2.75, 3.05) is 0 Å². The minimum atomic E-state index is -3.98. The maximum Gasteiger partial charge on any atom is 0.251 e. The molecule has 2 saturated carbocycles. The molecule has 2 aliphatic carbocycles. The molecule has 0 heterocycles. The maximum absolute atomic E-state index is 14.2. The third-order valence-corrected chi connectivity index (χ3v) is 6.96. The SMILES string of the molecule is CC1CC1C(NC(=O)c1ccc(F)c(S(=O)(=O)NC2CC2)c1)c1ccccc1. The molecule has 0 spiro atoms. The molecule has 2 aromatic rings. The zero-order valence-corrected chi connectivity index (χ0v) is 16.4. The number of amides is 1. The summed E-state index contributed by atoms with van der Waals surface area (Å²) in [6, 6.07) is 12.9. The summed E-state index contributed by atoms with van der Waals surface area (Å²) in [6.45, 7) is 2.14. The Balaban J connectivity index is 1.58. The molecule has 28 heavy (non-hydrogen) atoms. The Hall–Kier alpha value is -2.25. The third kappa shape index (κ3) is 4.10. The van der Waals surface area contributed by atoms with Crippen molar-refractivity contribution in [3.63, 3.8) is 0 Å². The van der Waals surface area contributed by atoms with E-state index in [1.807, 2.05) is 30.3 Å². The second-order valence-corrected chi connectivity index (χ2v) is 9.46. The predicted molar refractivity (Wildman–Crippen MR) is 104 cm³/mol. The van der Waals surface area contributed by atoms with Gasteiger partial charge in [0.2, 0.25) is 10.0 Å². The average molecular weight is 402 g/mol. The van der Waals surface area contributed by atoms with Gasteiger partial charge in [-0.25, -0.2) is 17.5 Å². The highest BCUT2D eigenvalue weighted by atomic mass is 32.2. The number of hydrogen-bond acceptors (Lipinski definition) is 3. The smallest absolute Gasteiger partial charge is 0.251 e. The van der Waals surface area contributed by atoms with Crippen molar-refractivity contribution in [3.05, 3.63) is 65.5 Å².